The molecular formula is C12H10F6O3. The smallest absolute Gasteiger partial charge is 0.416 e. The number of aliphatic hydroxyl groups excluding tert-OH is 1. The lowest BCUT2D eigenvalue weighted by Crippen LogP contribution is -2.19. The molecule has 0 heterocycles. The highest BCUT2D eigenvalue weighted by Gasteiger charge is 2.41. The van der Waals surface area contributed by atoms with E-state index in [9.17, 15) is 36.2 Å². The van der Waals surface area contributed by atoms with Gasteiger partial charge in [-0.15, -0.1) is 0 Å². The molecule has 3 nitrogen and oxygen atoms in total. The summed E-state index contributed by atoms with van der Waals surface area (Å²) in [5.74, 6) is -1.94. The predicted molar refractivity (Wildman–Crippen MR) is 58.4 cm³/mol. The SMILES string of the molecule is CCc1c(C(F)(F)F)cc(C(O)C(=O)O)cc1C(F)(F)F. The summed E-state index contributed by atoms with van der Waals surface area (Å²) in [5.41, 5.74) is -5.17. The van der Waals surface area contributed by atoms with Gasteiger partial charge in [-0.05, 0) is 29.7 Å². The average Bonchev–Trinajstić information content (AvgIpc) is 2.33. The summed E-state index contributed by atoms with van der Waals surface area (Å²) in [6.07, 6.45) is -13.2. The van der Waals surface area contributed by atoms with E-state index in [0.717, 1.165) is 6.92 Å². The van der Waals surface area contributed by atoms with Gasteiger partial charge in [0.25, 0.3) is 0 Å². The molecule has 21 heavy (non-hydrogen) atoms. The van der Waals surface area contributed by atoms with Crippen LogP contribution in [0.4, 0.5) is 26.3 Å². The van der Waals surface area contributed by atoms with Crippen LogP contribution in [0.15, 0.2) is 12.1 Å². The predicted octanol–water partition coefficient (Wildman–Crippen LogP) is 3.40. The third-order valence-electron chi connectivity index (χ3n) is 2.79. The average molecular weight is 316 g/mol. The summed E-state index contributed by atoms with van der Waals surface area (Å²) in [7, 11) is 0. The Balaban J connectivity index is 3.71. The summed E-state index contributed by atoms with van der Waals surface area (Å²) >= 11 is 0. The zero-order valence-electron chi connectivity index (χ0n) is 10.5. The minimum absolute atomic E-state index is 0.229. The lowest BCUT2D eigenvalue weighted by Gasteiger charge is -2.20. The number of alkyl halides is 6. The van der Waals surface area contributed by atoms with Gasteiger partial charge in [-0.1, -0.05) is 6.92 Å². The molecule has 1 rings (SSSR count). The molecule has 118 valence electrons. The molecule has 0 spiro atoms. The van der Waals surface area contributed by atoms with Crippen molar-refractivity contribution in [3.63, 3.8) is 0 Å². The van der Waals surface area contributed by atoms with Gasteiger partial charge in [0.15, 0.2) is 6.10 Å². The van der Waals surface area contributed by atoms with Crippen LogP contribution in [0.3, 0.4) is 0 Å². The standard InChI is InChI=1S/C12H10F6O3/c1-2-6-7(11(13,14)15)3-5(9(19)10(20)21)4-8(6)12(16,17)18/h3-4,9,19H,2H2,1H3,(H,20,21). The molecule has 2 N–H and O–H groups in total. The molecule has 0 amide bonds. The number of rotatable bonds is 3. The van der Waals surface area contributed by atoms with Gasteiger partial charge in [0.05, 0.1) is 11.1 Å². The van der Waals surface area contributed by atoms with Crippen LogP contribution in [0.25, 0.3) is 0 Å². The number of hydrogen-bond acceptors (Lipinski definition) is 2. The molecule has 0 aliphatic carbocycles. The zero-order valence-corrected chi connectivity index (χ0v) is 10.5. The second-order valence-corrected chi connectivity index (χ2v) is 4.18. The first-order valence-corrected chi connectivity index (χ1v) is 5.61. The molecule has 0 fully saturated rings. The Bertz CT molecular complexity index is 512. The van der Waals surface area contributed by atoms with Crippen LogP contribution in [0.2, 0.25) is 0 Å². The molecule has 0 aliphatic heterocycles. The molecule has 0 saturated heterocycles. The zero-order chi connectivity index (χ0) is 16.6. The first-order valence-electron chi connectivity index (χ1n) is 5.61. The van der Waals surface area contributed by atoms with Crippen LogP contribution in [0.5, 0.6) is 0 Å². The number of halogens is 6. The van der Waals surface area contributed by atoms with Crippen molar-refractivity contribution in [1.29, 1.82) is 0 Å². The molecular weight excluding hydrogens is 306 g/mol. The summed E-state index contributed by atoms with van der Waals surface area (Å²) < 4.78 is 77.1. The number of carboxylic acid groups (broad SMARTS) is 1. The van der Waals surface area contributed by atoms with Crippen LogP contribution in [-0.4, -0.2) is 16.2 Å². The van der Waals surface area contributed by atoms with Crippen LogP contribution >= 0.6 is 0 Å². The van der Waals surface area contributed by atoms with Gasteiger partial charge in [-0.3, -0.25) is 0 Å². The second-order valence-electron chi connectivity index (χ2n) is 4.18. The van der Waals surface area contributed by atoms with Crippen molar-refractivity contribution in [2.45, 2.75) is 31.8 Å². The Labute approximate surface area is 114 Å². The fourth-order valence-electron chi connectivity index (χ4n) is 1.88. The minimum atomic E-state index is -5.10. The fraction of sp³-hybridized carbons (Fsp3) is 0.417. The van der Waals surface area contributed by atoms with E-state index in [-0.39, 0.29) is 12.1 Å². The number of hydrogen-bond donors (Lipinski definition) is 2. The summed E-state index contributed by atoms with van der Waals surface area (Å²) in [4.78, 5) is 10.6. The Morgan fingerprint density at radius 1 is 1.10 bits per heavy atom. The van der Waals surface area contributed by atoms with E-state index in [0.29, 0.717) is 0 Å². The Morgan fingerprint density at radius 2 is 1.48 bits per heavy atom. The van der Waals surface area contributed by atoms with Crippen LogP contribution in [-0.2, 0) is 23.6 Å². The van der Waals surface area contributed by atoms with Gasteiger partial charge in [0, 0.05) is 0 Å². The van der Waals surface area contributed by atoms with E-state index in [1.807, 2.05) is 0 Å². The molecule has 0 aromatic heterocycles. The van der Waals surface area contributed by atoms with Crippen molar-refractivity contribution in [2.75, 3.05) is 0 Å². The first kappa shape index (κ1) is 17.3. The molecule has 9 heteroatoms. The van der Waals surface area contributed by atoms with E-state index < -0.39 is 53.1 Å². The maximum Gasteiger partial charge on any atom is 0.416 e. The summed E-state index contributed by atoms with van der Waals surface area (Å²) in [6.45, 7) is 1.12. The van der Waals surface area contributed by atoms with Gasteiger partial charge in [-0.25, -0.2) is 4.79 Å². The maximum atomic E-state index is 12.9. The lowest BCUT2D eigenvalue weighted by molar-refractivity contribution is -0.149. The van der Waals surface area contributed by atoms with E-state index >= 15 is 0 Å². The molecule has 0 bridgehead atoms. The van der Waals surface area contributed by atoms with Crippen molar-refractivity contribution >= 4 is 5.97 Å². The number of aliphatic carboxylic acids is 1. The summed E-state index contributed by atoms with van der Waals surface area (Å²) in [5, 5.41) is 17.7. The van der Waals surface area contributed by atoms with Crippen LogP contribution in [0.1, 0.15) is 35.3 Å². The Hall–Kier alpha value is -1.77. The fourth-order valence-corrected chi connectivity index (χ4v) is 1.88. The third-order valence-corrected chi connectivity index (χ3v) is 2.79. The molecule has 1 unspecified atom stereocenters. The largest absolute Gasteiger partial charge is 0.479 e. The van der Waals surface area contributed by atoms with Gasteiger partial charge in [0.1, 0.15) is 0 Å². The molecule has 1 atom stereocenters. The van der Waals surface area contributed by atoms with E-state index in [4.69, 9.17) is 5.11 Å². The number of benzene rings is 1. The van der Waals surface area contributed by atoms with E-state index in [1.54, 1.807) is 0 Å². The van der Waals surface area contributed by atoms with Gasteiger partial charge in [0.2, 0.25) is 0 Å². The first-order chi connectivity index (χ1) is 9.39. The van der Waals surface area contributed by atoms with E-state index in [2.05, 4.69) is 0 Å². The summed E-state index contributed by atoms with van der Waals surface area (Å²) in [6, 6.07) is 0.458. The Kier molecular flexibility index (Phi) is 4.57. The molecule has 1 aromatic carbocycles. The number of carboxylic acids is 1. The highest BCUT2D eigenvalue weighted by Crippen LogP contribution is 2.41. The quantitative estimate of drug-likeness (QED) is 0.840. The topological polar surface area (TPSA) is 57.5 Å². The minimum Gasteiger partial charge on any atom is -0.479 e. The highest BCUT2D eigenvalue weighted by atomic mass is 19.4. The molecule has 0 saturated carbocycles. The van der Waals surface area contributed by atoms with Gasteiger partial charge < -0.3 is 10.2 Å². The molecule has 0 aliphatic rings. The molecule has 0 radical (unpaired) electrons. The van der Waals surface area contributed by atoms with Crippen molar-refractivity contribution in [2.24, 2.45) is 0 Å². The molecule has 1 aromatic rings. The van der Waals surface area contributed by atoms with Crippen LogP contribution < -0.4 is 0 Å². The highest BCUT2D eigenvalue weighted by molar-refractivity contribution is 5.74. The van der Waals surface area contributed by atoms with Crippen molar-refractivity contribution in [3.05, 3.63) is 34.4 Å². The Morgan fingerprint density at radius 3 is 1.71 bits per heavy atom. The van der Waals surface area contributed by atoms with Crippen molar-refractivity contribution < 1.29 is 41.4 Å². The lowest BCUT2D eigenvalue weighted by atomic mass is 9.93. The van der Waals surface area contributed by atoms with Crippen molar-refractivity contribution in [1.82, 2.24) is 0 Å². The van der Waals surface area contributed by atoms with E-state index in [1.165, 1.54) is 0 Å². The number of aliphatic hydroxyl groups is 1. The van der Waals surface area contributed by atoms with Gasteiger partial charge >= 0.3 is 18.3 Å². The second kappa shape index (κ2) is 5.55. The normalized spacial score (nSPS) is 14.1. The monoisotopic (exact) mass is 316 g/mol. The number of carbonyl (C=O) groups is 1. The van der Waals surface area contributed by atoms with Gasteiger partial charge in [-0.2, -0.15) is 26.3 Å². The van der Waals surface area contributed by atoms with Crippen molar-refractivity contribution in [3.8, 4) is 0 Å². The third kappa shape index (κ3) is 3.66. The maximum absolute atomic E-state index is 12.9. The van der Waals surface area contributed by atoms with Crippen LogP contribution in [0, 0.1) is 0 Å².